The van der Waals surface area contributed by atoms with E-state index in [1.54, 1.807) is 0 Å². The van der Waals surface area contributed by atoms with Crippen molar-refractivity contribution in [1.29, 1.82) is 0 Å². The van der Waals surface area contributed by atoms with Gasteiger partial charge in [0.05, 0.1) is 5.69 Å². The molecule has 1 saturated heterocycles. The van der Waals surface area contributed by atoms with E-state index in [0.717, 1.165) is 41.5 Å². The fourth-order valence-corrected chi connectivity index (χ4v) is 4.03. The molecule has 2 aromatic heterocycles. The number of carbonyl (C=O) groups is 1. The van der Waals surface area contributed by atoms with E-state index in [2.05, 4.69) is 22.1 Å². The van der Waals surface area contributed by atoms with Gasteiger partial charge < -0.3 is 19.4 Å². The van der Waals surface area contributed by atoms with Gasteiger partial charge in [-0.2, -0.15) is 0 Å². The Morgan fingerprint density at radius 3 is 2.71 bits per heavy atom. The number of aromatic nitrogens is 2. The molecule has 0 spiro atoms. The summed E-state index contributed by atoms with van der Waals surface area (Å²) >= 11 is 0. The fraction of sp³-hybridized carbons (Fsp3) is 0.440. The molecule has 0 atom stereocenters. The van der Waals surface area contributed by atoms with Crippen molar-refractivity contribution < 1.29 is 9.53 Å². The average Bonchev–Trinajstić information content (AvgIpc) is 3.21. The van der Waals surface area contributed by atoms with E-state index in [0.29, 0.717) is 18.7 Å². The van der Waals surface area contributed by atoms with Crippen molar-refractivity contribution in [3.63, 3.8) is 0 Å². The van der Waals surface area contributed by atoms with Gasteiger partial charge in [-0.3, -0.25) is 4.79 Å². The second kappa shape index (κ2) is 9.96. The number of fused-ring (bicyclic) bond motifs is 1. The number of nitrogens with one attached hydrogen (secondary N) is 1. The lowest BCUT2D eigenvalue weighted by molar-refractivity contribution is 0.0950. The largest absolute Gasteiger partial charge is 0.487 e. The number of hydrogen-bond acceptors (Lipinski definition) is 4. The minimum Gasteiger partial charge on any atom is -0.487 e. The minimum atomic E-state index is -0.0327. The number of amides is 1. The molecule has 0 saturated carbocycles. The van der Waals surface area contributed by atoms with Gasteiger partial charge in [0.15, 0.2) is 0 Å². The number of benzene rings is 1. The predicted octanol–water partition coefficient (Wildman–Crippen LogP) is 4.07. The maximum Gasteiger partial charge on any atom is 0.251 e. The zero-order valence-corrected chi connectivity index (χ0v) is 18.5. The van der Waals surface area contributed by atoms with Crippen molar-refractivity contribution >= 4 is 11.6 Å². The third-order valence-corrected chi connectivity index (χ3v) is 6.04. The first-order valence-electron chi connectivity index (χ1n) is 11.2. The number of carbonyl (C=O) groups excluding carboxylic acids is 1. The first-order valence-corrected chi connectivity index (χ1v) is 11.2. The number of hydrogen-bond donors (Lipinski definition) is 1. The molecule has 1 aliphatic rings. The predicted molar refractivity (Wildman–Crippen MR) is 122 cm³/mol. The second-order valence-corrected chi connectivity index (χ2v) is 8.60. The summed E-state index contributed by atoms with van der Waals surface area (Å²) in [6.45, 7) is 8.90. The molecule has 1 fully saturated rings. The zero-order valence-electron chi connectivity index (χ0n) is 18.5. The molecular formula is C25H32N4O2. The van der Waals surface area contributed by atoms with Crippen LogP contribution in [-0.2, 0) is 6.61 Å². The average molecular weight is 421 g/mol. The molecule has 1 aliphatic heterocycles. The quantitative estimate of drug-likeness (QED) is 0.558. The summed E-state index contributed by atoms with van der Waals surface area (Å²) in [6.07, 6.45) is 7.53. The summed E-state index contributed by atoms with van der Waals surface area (Å²) in [6, 6.07) is 11.3. The van der Waals surface area contributed by atoms with Crippen molar-refractivity contribution in [3.8, 4) is 5.75 Å². The van der Waals surface area contributed by atoms with Gasteiger partial charge in [0.2, 0.25) is 0 Å². The molecule has 3 heterocycles. The third-order valence-electron chi connectivity index (χ3n) is 6.04. The lowest BCUT2D eigenvalue weighted by Crippen LogP contribution is -2.35. The van der Waals surface area contributed by atoms with Crippen LogP contribution in [0.3, 0.4) is 0 Å². The van der Waals surface area contributed by atoms with E-state index in [-0.39, 0.29) is 5.91 Å². The number of rotatable bonds is 8. The van der Waals surface area contributed by atoms with Gasteiger partial charge in [-0.1, -0.05) is 13.0 Å². The molecule has 1 N–H and O–H groups in total. The standard InChI is InChI=1S/C25H32N4O2/c1-19-10-15-28(16-11-19)13-4-12-26-25(30)21-6-8-23(9-7-21)31-18-22-17-29-14-3-5-20(2)24(29)27-22/h3,5-9,14,17,19H,4,10-13,15-16,18H2,1-2H3,(H,26,30). The monoisotopic (exact) mass is 420 g/mol. The smallest absolute Gasteiger partial charge is 0.251 e. The summed E-state index contributed by atoms with van der Waals surface area (Å²) < 4.78 is 7.86. The zero-order chi connectivity index (χ0) is 21.6. The number of aryl methyl sites for hydroxylation is 1. The third kappa shape index (κ3) is 5.64. The van der Waals surface area contributed by atoms with E-state index in [4.69, 9.17) is 4.74 Å². The van der Waals surface area contributed by atoms with Gasteiger partial charge in [-0.15, -0.1) is 0 Å². The van der Waals surface area contributed by atoms with Crippen molar-refractivity contribution in [3.05, 3.63) is 65.6 Å². The molecule has 0 bridgehead atoms. The Balaban J connectivity index is 1.21. The van der Waals surface area contributed by atoms with Crippen molar-refractivity contribution in [1.82, 2.24) is 19.6 Å². The lowest BCUT2D eigenvalue weighted by atomic mass is 9.99. The number of pyridine rings is 1. The molecule has 0 unspecified atom stereocenters. The molecule has 164 valence electrons. The van der Waals surface area contributed by atoms with Crippen LogP contribution < -0.4 is 10.1 Å². The Labute approximate surface area is 184 Å². The van der Waals surface area contributed by atoms with Crippen LogP contribution in [0.15, 0.2) is 48.8 Å². The van der Waals surface area contributed by atoms with Crippen LogP contribution in [0.1, 0.15) is 47.8 Å². The summed E-state index contributed by atoms with van der Waals surface area (Å²) in [7, 11) is 0. The Morgan fingerprint density at radius 2 is 1.97 bits per heavy atom. The number of piperidine rings is 1. The summed E-state index contributed by atoms with van der Waals surface area (Å²) in [5.74, 6) is 1.55. The Bertz CT molecular complexity index is 1000. The molecule has 1 amide bonds. The van der Waals surface area contributed by atoms with Gasteiger partial charge in [0, 0.05) is 24.5 Å². The highest BCUT2D eigenvalue weighted by Gasteiger charge is 2.15. The van der Waals surface area contributed by atoms with Crippen LogP contribution in [0.5, 0.6) is 5.75 Å². The summed E-state index contributed by atoms with van der Waals surface area (Å²) in [5, 5.41) is 3.03. The first-order chi connectivity index (χ1) is 15.1. The highest BCUT2D eigenvalue weighted by Crippen LogP contribution is 2.17. The number of likely N-dealkylation sites (tertiary alicyclic amines) is 1. The topological polar surface area (TPSA) is 58.9 Å². The number of imidazole rings is 1. The Hall–Kier alpha value is -2.86. The van der Waals surface area contributed by atoms with Gasteiger partial charge in [0.25, 0.3) is 5.91 Å². The van der Waals surface area contributed by atoms with E-state index >= 15 is 0 Å². The molecule has 3 aromatic rings. The van der Waals surface area contributed by atoms with E-state index in [9.17, 15) is 4.79 Å². The van der Waals surface area contributed by atoms with Crippen molar-refractivity contribution in [2.24, 2.45) is 5.92 Å². The van der Waals surface area contributed by atoms with E-state index in [1.165, 1.54) is 25.9 Å². The molecule has 1 aromatic carbocycles. The first kappa shape index (κ1) is 21.4. The summed E-state index contributed by atoms with van der Waals surface area (Å²) in [4.78, 5) is 19.5. The van der Waals surface area contributed by atoms with Gasteiger partial charge >= 0.3 is 0 Å². The highest BCUT2D eigenvalue weighted by molar-refractivity contribution is 5.94. The van der Waals surface area contributed by atoms with Crippen molar-refractivity contribution in [2.45, 2.75) is 39.7 Å². The normalized spacial score (nSPS) is 15.3. The molecule has 4 rings (SSSR count). The maximum absolute atomic E-state index is 12.4. The van der Waals surface area contributed by atoms with Crippen LogP contribution in [0.4, 0.5) is 0 Å². The Kier molecular flexibility index (Phi) is 6.87. The van der Waals surface area contributed by atoms with Crippen LogP contribution in [0.25, 0.3) is 5.65 Å². The molecule has 6 nitrogen and oxygen atoms in total. The van der Waals surface area contributed by atoms with Crippen LogP contribution >= 0.6 is 0 Å². The molecule has 31 heavy (non-hydrogen) atoms. The van der Waals surface area contributed by atoms with E-state index in [1.807, 2.05) is 60.1 Å². The molecule has 0 radical (unpaired) electrons. The SMILES string of the molecule is Cc1cccn2cc(COc3ccc(C(=O)NCCCN4CCC(C)CC4)cc3)nc12. The summed E-state index contributed by atoms with van der Waals surface area (Å²) in [5.41, 5.74) is 3.61. The van der Waals surface area contributed by atoms with Gasteiger partial charge in [-0.05, 0) is 87.6 Å². The van der Waals surface area contributed by atoms with Crippen LogP contribution in [-0.4, -0.2) is 46.4 Å². The Morgan fingerprint density at radius 1 is 1.19 bits per heavy atom. The maximum atomic E-state index is 12.4. The van der Waals surface area contributed by atoms with Crippen molar-refractivity contribution in [2.75, 3.05) is 26.2 Å². The fourth-order valence-electron chi connectivity index (χ4n) is 4.03. The molecule has 6 heteroatoms. The lowest BCUT2D eigenvalue weighted by Gasteiger charge is -2.30. The van der Waals surface area contributed by atoms with Gasteiger partial charge in [0.1, 0.15) is 18.0 Å². The van der Waals surface area contributed by atoms with E-state index < -0.39 is 0 Å². The van der Waals surface area contributed by atoms with Crippen LogP contribution in [0.2, 0.25) is 0 Å². The van der Waals surface area contributed by atoms with Gasteiger partial charge in [-0.25, -0.2) is 4.98 Å². The molecular weight excluding hydrogens is 388 g/mol. The second-order valence-electron chi connectivity index (χ2n) is 8.60. The number of ether oxygens (including phenoxy) is 1. The van der Waals surface area contributed by atoms with Crippen LogP contribution in [0, 0.1) is 12.8 Å². The highest BCUT2D eigenvalue weighted by atomic mass is 16.5. The number of nitrogens with zero attached hydrogens (tertiary/aromatic N) is 3. The minimum absolute atomic E-state index is 0.0327. The molecule has 0 aliphatic carbocycles.